The second-order valence-corrected chi connectivity index (χ2v) is 6.12. The number of aryl methyl sites for hydroxylation is 1. The molecule has 0 saturated heterocycles. The first kappa shape index (κ1) is 20.0. The van der Waals surface area contributed by atoms with E-state index in [0.29, 0.717) is 0 Å². The third-order valence-corrected chi connectivity index (χ3v) is 4.06. The highest BCUT2D eigenvalue weighted by atomic mass is 16.4. The number of carbonyl (C=O) groups excluding carboxylic acids is 1. The number of aliphatic carboxylic acids is 1. The zero-order chi connectivity index (χ0) is 17.8. The van der Waals surface area contributed by atoms with E-state index in [0.717, 1.165) is 12.1 Å². The van der Waals surface area contributed by atoms with Gasteiger partial charge in [0, 0.05) is 19.3 Å². The number of hydrogen-bond acceptors (Lipinski definition) is 2. The van der Waals surface area contributed by atoms with Crippen LogP contribution in [0.1, 0.15) is 57.4 Å². The van der Waals surface area contributed by atoms with Gasteiger partial charge in [0.05, 0.1) is 6.42 Å². The number of nitrogens with zero attached hydrogens (tertiary/aromatic N) is 1. The topological polar surface area (TPSA) is 69.6 Å². The van der Waals surface area contributed by atoms with Crippen LogP contribution < -0.4 is 10.2 Å². The molecule has 2 N–H and O–H groups in total. The Morgan fingerprint density at radius 2 is 1.67 bits per heavy atom. The Kier molecular flexibility index (Phi) is 9.58. The number of carboxylic acid groups (broad SMARTS) is 1. The average Bonchev–Trinajstić information content (AvgIpc) is 2.57. The smallest absolute Gasteiger partial charge is 0.321 e. The second-order valence-electron chi connectivity index (χ2n) is 6.12. The van der Waals surface area contributed by atoms with E-state index in [1.807, 2.05) is 12.1 Å². The summed E-state index contributed by atoms with van der Waals surface area (Å²) in [5.74, 6) is -0.919. The molecular formula is C19H30N2O3. The number of hydrogen-bond donors (Lipinski definition) is 2. The first-order chi connectivity index (χ1) is 11.5. The van der Waals surface area contributed by atoms with E-state index in [1.165, 1.54) is 49.0 Å². The summed E-state index contributed by atoms with van der Waals surface area (Å²) in [5, 5.41) is 11.2. The lowest BCUT2D eigenvalue weighted by Crippen LogP contribution is -2.38. The number of benzene rings is 1. The summed E-state index contributed by atoms with van der Waals surface area (Å²) < 4.78 is 0. The molecule has 0 saturated carbocycles. The van der Waals surface area contributed by atoms with Crippen LogP contribution in [0.4, 0.5) is 10.5 Å². The van der Waals surface area contributed by atoms with Gasteiger partial charge in [0.25, 0.3) is 0 Å². The summed E-state index contributed by atoms with van der Waals surface area (Å²) in [6, 6.07) is 7.69. The molecule has 0 aliphatic carbocycles. The minimum absolute atomic E-state index is 0.0726. The molecule has 134 valence electrons. The van der Waals surface area contributed by atoms with Crippen LogP contribution in [0.15, 0.2) is 24.3 Å². The molecule has 1 aromatic carbocycles. The van der Waals surface area contributed by atoms with Crippen molar-refractivity contribution in [3.8, 4) is 0 Å². The number of unbranched alkanes of at least 4 members (excludes halogenated alkanes) is 5. The summed E-state index contributed by atoms with van der Waals surface area (Å²) in [7, 11) is 1.68. The van der Waals surface area contributed by atoms with Gasteiger partial charge in [-0.05, 0) is 30.5 Å². The maximum Gasteiger partial charge on any atom is 0.321 e. The van der Waals surface area contributed by atoms with Crippen molar-refractivity contribution < 1.29 is 14.7 Å². The van der Waals surface area contributed by atoms with Crippen molar-refractivity contribution in [2.45, 2.75) is 58.3 Å². The van der Waals surface area contributed by atoms with Crippen LogP contribution in [0.3, 0.4) is 0 Å². The van der Waals surface area contributed by atoms with Crippen LogP contribution in [0.5, 0.6) is 0 Å². The molecule has 0 bridgehead atoms. The third kappa shape index (κ3) is 7.99. The van der Waals surface area contributed by atoms with E-state index in [-0.39, 0.29) is 19.0 Å². The molecule has 1 aromatic rings. The molecule has 0 unspecified atom stereocenters. The number of anilines is 1. The summed E-state index contributed by atoms with van der Waals surface area (Å²) in [6.45, 7) is 2.36. The first-order valence-electron chi connectivity index (χ1n) is 8.87. The van der Waals surface area contributed by atoms with Gasteiger partial charge in [-0.15, -0.1) is 0 Å². The number of carboxylic acids is 1. The molecule has 5 heteroatoms. The largest absolute Gasteiger partial charge is 0.481 e. The quantitative estimate of drug-likeness (QED) is 0.596. The number of nitrogens with one attached hydrogen (secondary N) is 1. The molecule has 0 spiro atoms. The molecule has 2 amide bonds. The van der Waals surface area contributed by atoms with Crippen molar-refractivity contribution in [3.05, 3.63) is 29.8 Å². The number of urea groups is 1. The van der Waals surface area contributed by atoms with Crippen molar-refractivity contribution in [3.63, 3.8) is 0 Å². The lowest BCUT2D eigenvalue weighted by molar-refractivity contribution is -0.136. The lowest BCUT2D eigenvalue weighted by Gasteiger charge is -2.18. The Morgan fingerprint density at radius 1 is 1.04 bits per heavy atom. The van der Waals surface area contributed by atoms with E-state index in [2.05, 4.69) is 24.4 Å². The fourth-order valence-electron chi connectivity index (χ4n) is 2.51. The fraction of sp³-hybridized carbons (Fsp3) is 0.579. The molecule has 24 heavy (non-hydrogen) atoms. The van der Waals surface area contributed by atoms with Crippen molar-refractivity contribution in [2.75, 3.05) is 18.5 Å². The highest BCUT2D eigenvalue weighted by molar-refractivity contribution is 5.91. The zero-order valence-corrected chi connectivity index (χ0v) is 14.9. The van der Waals surface area contributed by atoms with E-state index in [4.69, 9.17) is 5.11 Å². The summed E-state index contributed by atoms with van der Waals surface area (Å²) in [4.78, 5) is 23.9. The number of rotatable bonds is 11. The highest BCUT2D eigenvalue weighted by Gasteiger charge is 2.10. The third-order valence-electron chi connectivity index (χ3n) is 4.06. The second kappa shape index (κ2) is 11.5. The maximum absolute atomic E-state index is 11.9. The minimum Gasteiger partial charge on any atom is -0.481 e. The van der Waals surface area contributed by atoms with Crippen molar-refractivity contribution >= 4 is 17.7 Å². The maximum atomic E-state index is 11.9. The number of carbonyl (C=O) groups is 2. The van der Waals surface area contributed by atoms with Gasteiger partial charge in [-0.2, -0.15) is 0 Å². The molecule has 0 aliphatic heterocycles. The van der Waals surface area contributed by atoms with Gasteiger partial charge in [0.1, 0.15) is 0 Å². The van der Waals surface area contributed by atoms with Gasteiger partial charge in [-0.3, -0.25) is 9.69 Å². The fourth-order valence-corrected chi connectivity index (χ4v) is 2.51. The van der Waals surface area contributed by atoms with E-state index < -0.39 is 5.97 Å². The molecular weight excluding hydrogens is 304 g/mol. The summed E-state index contributed by atoms with van der Waals surface area (Å²) in [6.07, 6.45) is 8.72. The normalized spacial score (nSPS) is 10.4. The van der Waals surface area contributed by atoms with Gasteiger partial charge < -0.3 is 10.4 Å². The van der Waals surface area contributed by atoms with Crippen LogP contribution in [0.25, 0.3) is 0 Å². The molecule has 0 aliphatic rings. The van der Waals surface area contributed by atoms with Crippen molar-refractivity contribution in [1.29, 1.82) is 0 Å². The van der Waals surface area contributed by atoms with Gasteiger partial charge in [-0.1, -0.05) is 51.2 Å². The molecule has 5 nitrogen and oxygen atoms in total. The first-order valence-corrected chi connectivity index (χ1v) is 8.87. The molecule has 1 rings (SSSR count). The Bertz CT molecular complexity index is 500. The van der Waals surface area contributed by atoms with Crippen molar-refractivity contribution in [2.24, 2.45) is 0 Å². The predicted octanol–water partition coefficient (Wildman–Crippen LogP) is 4.21. The molecule has 0 aromatic heterocycles. The van der Waals surface area contributed by atoms with Gasteiger partial charge in [0.2, 0.25) is 0 Å². The van der Waals surface area contributed by atoms with E-state index in [1.54, 1.807) is 7.05 Å². The minimum atomic E-state index is -0.919. The Balaban J connectivity index is 2.34. The van der Waals surface area contributed by atoms with Gasteiger partial charge in [0.15, 0.2) is 0 Å². The Morgan fingerprint density at radius 3 is 2.29 bits per heavy atom. The van der Waals surface area contributed by atoms with Crippen LogP contribution in [0, 0.1) is 0 Å². The summed E-state index contributed by atoms with van der Waals surface area (Å²) in [5.41, 5.74) is 2.09. The van der Waals surface area contributed by atoms with Crippen LogP contribution >= 0.6 is 0 Å². The van der Waals surface area contributed by atoms with Gasteiger partial charge >= 0.3 is 12.0 Å². The average molecular weight is 334 g/mol. The molecule has 0 heterocycles. The highest BCUT2D eigenvalue weighted by Crippen LogP contribution is 2.16. The summed E-state index contributed by atoms with van der Waals surface area (Å²) >= 11 is 0. The molecule has 0 atom stereocenters. The standard InChI is InChI=1S/C19H30N2O3/c1-3-4-5-6-7-8-9-16-10-12-17(13-11-16)21(2)19(24)20-15-14-18(22)23/h10-13H,3-9,14-15H2,1-2H3,(H,20,24)(H,22,23). The van der Waals surface area contributed by atoms with E-state index >= 15 is 0 Å². The predicted molar refractivity (Wildman–Crippen MR) is 97.6 cm³/mol. The number of amides is 2. The van der Waals surface area contributed by atoms with Crippen LogP contribution in [0.2, 0.25) is 0 Å². The van der Waals surface area contributed by atoms with Crippen molar-refractivity contribution in [1.82, 2.24) is 5.32 Å². The Hall–Kier alpha value is -2.04. The lowest BCUT2D eigenvalue weighted by atomic mass is 10.0. The van der Waals surface area contributed by atoms with Gasteiger partial charge in [-0.25, -0.2) is 4.79 Å². The van der Waals surface area contributed by atoms with Crippen LogP contribution in [-0.2, 0) is 11.2 Å². The SMILES string of the molecule is CCCCCCCCc1ccc(N(C)C(=O)NCCC(=O)O)cc1. The molecule has 0 fully saturated rings. The van der Waals surface area contributed by atoms with Crippen LogP contribution in [-0.4, -0.2) is 30.7 Å². The molecule has 0 radical (unpaired) electrons. The Labute approximate surface area is 145 Å². The van der Waals surface area contributed by atoms with E-state index in [9.17, 15) is 9.59 Å². The zero-order valence-electron chi connectivity index (χ0n) is 14.9. The monoisotopic (exact) mass is 334 g/mol.